The topological polar surface area (TPSA) is 84.5 Å². The summed E-state index contributed by atoms with van der Waals surface area (Å²) in [5, 5.41) is 4.08. The van der Waals surface area contributed by atoms with Crippen LogP contribution in [0.5, 0.6) is 0 Å². The molecule has 2 amide bonds. The zero-order chi connectivity index (χ0) is 13.7. The van der Waals surface area contributed by atoms with E-state index in [1.807, 2.05) is 18.2 Å². The number of amides is 2. The van der Waals surface area contributed by atoms with Crippen molar-refractivity contribution in [3.8, 4) is 0 Å². The Balaban J connectivity index is 2.14. The first-order valence-corrected chi connectivity index (χ1v) is 6.39. The molecule has 5 nitrogen and oxygen atoms in total. The minimum atomic E-state index is -1.02. The first-order chi connectivity index (χ1) is 9.18. The van der Waals surface area contributed by atoms with Crippen molar-refractivity contribution >= 4 is 17.5 Å². The fourth-order valence-electron chi connectivity index (χ4n) is 2.35. The van der Waals surface area contributed by atoms with E-state index in [2.05, 4.69) is 22.7 Å². The molecule has 1 fully saturated rings. The molecule has 1 saturated carbocycles. The number of nitrogens with two attached hydrogens (primary N) is 1. The van der Waals surface area contributed by atoms with Gasteiger partial charge < -0.3 is 5.73 Å². The summed E-state index contributed by atoms with van der Waals surface area (Å²) in [6, 6.07) is 10.1. The predicted octanol–water partition coefficient (Wildman–Crippen LogP) is 1.30. The third kappa shape index (κ3) is 3.40. The van der Waals surface area contributed by atoms with E-state index in [0.29, 0.717) is 0 Å². The molecule has 0 saturated heterocycles. The largest absolute Gasteiger partial charge is 0.361 e. The number of hydrogen-bond acceptors (Lipinski definition) is 3. The summed E-state index contributed by atoms with van der Waals surface area (Å²) in [7, 11) is 0. The van der Waals surface area contributed by atoms with Crippen LogP contribution < -0.4 is 11.2 Å². The maximum absolute atomic E-state index is 11.1. The summed E-state index contributed by atoms with van der Waals surface area (Å²) in [4.78, 5) is 21.8. The Kier molecular flexibility index (Phi) is 4.28. The molecule has 0 aliphatic heterocycles. The van der Waals surface area contributed by atoms with Crippen molar-refractivity contribution in [1.82, 2.24) is 5.43 Å². The number of carbonyl (C=O) groups is 2. The number of primary amides is 1. The molecule has 0 radical (unpaired) electrons. The van der Waals surface area contributed by atoms with Crippen LogP contribution in [0, 0.1) is 0 Å². The highest BCUT2D eigenvalue weighted by atomic mass is 16.2. The molecule has 1 aromatic rings. The van der Waals surface area contributed by atoms with Crippen LogP contribution in [0.1, 0.15) is 37.2 Å². The number of nitrogens with one attached hydrogen (secondary N) is 1. The maximum atomic E-state index is 11.1. The van der Waals surface area contributed by atoms with Crippen LogP contribution in [0.2, 0.25) is 0 Å². The SMILES string of the molecule is NC(=O)C(=O)N/N=C1/CCCC[C@H]1c1ccccc1. The molecule has 1 aromatic carbocycles. The van der Waals surface area contributed by atoms with Gasteiger partial charge in [-0.05, 0) is 24.8 Å². The number of hydrogen-bond donors (Lipinski definition) is 2. The van der Waals surface area contributed by atoms with E-state index >= 15 is 0 Å². The van der Waals surface area contributed by atoms with Gasteiger partial charge in [0.15, 0.2) is 0 Å². The van der Waals surface area contributed by atoms with Gasteiger partial charge in [0.25, 0.3) is 0 Å². The van der Waals surface area contributed by atoms with E-state index in [1.54, 1.807) is 0 Å². The number of rotatable bonds is 2. The first kappa shape index (κ1) is 13.3. The van der Waals surface area contributed by atoms with Crippen molar-refractivity contribution in [2.24, 2.45) is 10.8 Å². The average molecular weight is 259 g/mol. The van der Waals surface area contributed by atoms with Gasteiger partial charge >= 0.3 is 11.8 Å². The molecule has 2 rings (SSSR count). The van der Waals surface area contributed by atoms with Gasteiger partial charge in [-0.2, -0.15) is 5.10 Å². The van der Waals surface area contributed by atoms with Crippen LogP contribution in [0.15, 0.2) is 35.4 Å². The van der Waals surface area contributed by atoms with Crippen LogP contribution >= 0.6 is 0 Å². The summed E-state index contributed by atoms with van der Waals surface area (Å²) < 4.78 is 0. The van der Waals surface area contributed by atoms with Crippen molar-refractivity contribution in [2.75, 3.05) is 0 Å². The van der Waals surface area contributed by atoms with Crippen LogP contribution in [0.25, 0.3) is 0 Å². The third-order valence-corrected chi connectivity index (χ3v) is 3.30. The van der Waals surface area contributed by atoms with Crippen LogP contribution in [0.4, 0.5) is 0 Å². The summed E-state index contributed by atoms with van der Waals surface area (Å²) in [6.45, 7) is 0. The standard InChI is InChI=1S/C14H17N3O2/c15-13(18)14(19)17-16-12-9-5-4-8-11(12)10-6-2-1-3-7-10/h1-3,6-7,11H,4-5,8-9H2,(H2,15,18)(H,17,19)/b16-12-/t11-/m0/s1. The van der Waals surface area contributed by atoms with Crippen molar-refractivity contribution in [3.63, 3.8) is 0 Å². The molecule has 3 N–H and O–H groups in total. The quantitative estimate of drug-likeness (QED) is 0.619. The highest BCUT2D eigenvalue weighted by Gasteiger charge is 2.22. The van der Waals surface area contributed by atoms with E-state index in [9.17, 15) is 9.59 Å². The molecular formula is C14H17N3O2. The summed E-state index contributed by atoms with van der Waals surface area (Å²) in [5.74, 6) is -1.68. The molecule has 0 unspecified atom stereocenters. The van der Waals surface area contributed by atoms with Gasteiger partial charge in [0, 0.05) is 11.6 Å². The maximum Gasteiger partial charge on any atom is 0.329 e. The molecule has 5 heteroatoms. The van der Waals surface area contributed by atoms with E-state index in [4.69, 9.17) is 5.73 Å². The second kappa shape index (κ2) is 6.13. The minimum absolute atomic E-state index is 0.211. The molecule has 0 spiro atoms. The highest BCUT2D eigenvalue weighted by Crippen LogP contribution is 2.30. The zero-order valence-electron chi connectivity index (χ0n) is 10.6. The second-order valence-electron chi connectivity index (χ2n) is 4.62. The summed E-state index contributed by atoms with van der Waals surface area (Å²) in [6.07, 6.45) is 4.03. The fraction of sp³-hybridized carbons (Fsp3) is 0.357. The third-order valence-electron chi connectivity index (χ3n) is 3.30. The lowest BCUT2D eigenvalue weighted by Crippen LogP contribution is -2.34. The summed E-state index contributed by atoms with van der Waals surface area (Å²) >= 11 is 0. The lowest BCUT2D eigenvalue weighted by Gasteiger charge is -2.24. The lowest BCUT2D eigenvalue weighted by atomic mass is 9.82. The Morgan fingerprint density at radius 1 is 1.21 bits per heavy atom. The number of hydrazone groups is 1. The highest BCUT2D eigenvalue weighted by molar-refractivity contribution is 6.34. The Morgan fingerprint density at radius 3 is 2.63 bits per heavy atom. The van der Waals surface area contributed by atoms with E-state index in [-0.39, 0.29) is 5.92 Å². The molecule has 1 aliphatic carbocycles. The van der Waals surface area contributed by atoms with Crippen LogP contribution in [-0.2, 0) is 9.59 Å². The van der Waals surface area contributed by atoms with Gasteiger partial charge in [-0.1, -0.05) is 36.8 Å². The van der Waals surface area contributed by atoms with Gasteiger partial charge in [0.05, 0.1) is 0 Å². The zero-order valence-corrected chi connectivity index (χ0v) is 10.6. The average Bonchev–Trinajstić information content (AvgIpc) is 2.46. The monoisotopic (exact) mass is 259 g/mol. The van der Waals surface area contributed by atoms with Gasteiger partial charge in [0.1, 0.15) is 0 Å². The van der Waals surface area contributed by atoms with Gasteiger partial charge in [-0.3, -0.25) is 9.59 Å². The minimum Gasteiger partial charge on any atom is -0.361 e. The number of carbonyl (C=O) groups excluding carboxylic acids is 2. The van der Waals surface area contributed by atoms with Crippen molar-refractivity contribution in [2.45, 2.75) is 31.6 Å². The molecule has 0 aromatic heterocycles. The molecule has 100 valence electrons. The number of benzene rings is 1. The molecular weight excluding hydrogens is 242 g/mol. The summed E-state index contributed by atoms with van der Waals surface area (Å²) in [5.41, 5.74) is 9.20. The Labute approximate surface area is 111 Å². The van der Waals surface area contributed by atoms with Crippen molar-refractivity contribution in [3.05, 3.63) is 35.9 Å². The normalized spacial score (nSPS) is 21.1. The smallest absolute Gasteiger partial charge is 0.329 e. The predicted molar refractivity (Wildman–Crippen MR) is 72.4 cm³/mol. The molecule has 1 aliphatic rings. The molecule has 0 heterocycles. The molecule has 0 bridgehead atoms. The van der Waals surface area contributed by atoms with Crippen molar-refractivity contribution < 1.29 is 9.59 Å². The van der Waals surface area contributed by atoms with E-state index < -0.39 is 11.8 Å². The van der Waals surface area contributed by atoms with Crippen molar-refractivity contribution in [1.29, 1.82) is 0 Å². The Hall–Kier alpha value is -2.17. The van der Waals surface area contributed by atoms with Gasteiger partial charge in [0.2, 0.25) is 0 Å². The van der Waals surface area contributed by atoms with Gasteiger partial charge in [-0.15, -0.1) is 0 Å². The Bertz CT molecular complexity index is 497. The lowest BCUT2D eigenvalue weighted by molar-refractivity contribution is -0.137. The number of nitrogens with zero attached hydrogens (tertiary/aromatic N) is 1. The second-order valence-corrected chi connectivity index (χ2v) is 4.62. The van der Waals surface area contributed by atoms with Crippen LogP contribution in [-0.4, -0.2) is 17.5 Å². The fourth-order valence-corrected chi connectivity index (χ4v) is 2.35. The van der Waals surface area contributed by atoms with Gasteiger partial charge in [-0.25, -0.2) is 5.43 Å². The Morgan fingerprint density at radius 2 is 1.95 bits per heavy atom. The van der Waals surface area contributed by atoms with E-state index in [0.717, 1.165) is 31.4 Å². The molecule has 1 atom stereocenters. The molecule has 19 heavy (non-hydrogen) atoms. The first-order valence-electron chi connectivity index (χ1n) is 6.39. The van der Waals surface area contributed by atoms with Crippen LogP contribution in [0.3, 0.4) is 0 Å². The van der Waals surface area contributed by atoms with E-state index in [1.165, 1.54) is 5.56 Å².